The van der Waals surface area contributed by atoms with Crippen molar-refractivity contribution >= 4 is 27.3 Å². The summed E-state index contributed by atoms with van der Waals surface area (Å²) < 4.78 is 38.9. The van der Waals surface area contributed by atoms with Crippen molar-refractivity contribution in [2.75, 3.05) is 39.4 Å². The van der Waals surface area contributed by atoms with Crippen molar-refractivity contribution in [1.82, 2.24) is 19.3 Å². The third-order valence-electron chi connectivity index (χ3n) is 5.70. The minimum atomic E-state index is -3.72. The highest BCUT2D eigenvalue weighted by atomic mass is 32.2. The van der Waals surface area contributed by atoms with Crippen molar-refractivity contribution in [3.63, 3.8) is 0 Å². The summed E-state index contributed by atoms with van der Waals surface area (Å²) in [5.74, 6) is 0.729. The van der Waals surface area contributed by atoms with Crippen LogP contribution in [0.4, 0.5) is 0 Å². The molecule has 31 heavy (non-hydrogen) atoms. The van der Waals surface area contributed by atoms with Crippen LogP contribution in [0.1, 0.15) is 43.4 Å². The second kappa shape index (κ2) is 8.97. The zero-order chi connectivity index (χ0) is 22.2. The van der Waals surface area contributed by atoms with E-state index in [1.54, 1.807) is 17.9 Å². The van der Waals surface area contributed by atoms with Gasteiger partial charge in [-0.25, -0.2) is 8.42 Å². The molecule has 0 spiro atoms. The molecule has 0 aliphatic carbocycles. The molecule has 0 unspecified atom stereocenters. The van der Waals surface area contributed by atoms with Gasteiger partial charge in [-0.1, -0.05) is 19.0 Å². The van der Waals surface area contributed by atoms with Gasteiger partial charge in [-0.05, 0) is 25.8 Å². The number of thiophene rings is 1. The van der Waals surface area contributed by atoms with Gasteiger partial charge in [-0.3, -0.25) is 4.79 Å². The van der Waals surface area contributed by atoms with E-state index in [0.29, 0.717) is 67.2 Å². The van der Waals surface area contributed by atoms with E-state index in [1.807, 2.05) is 13.8 Å². The van der Waals surface area contributed by atoms with Gasteiger partial charge in [0.1, 0.15) is 0 Å². The molecule has 2 aromatic rings. The summed E-state index contributed by atoms with van der Waals surface area (Å²) in [5.41, 5.74) is 0. The molecule has 2 fully saturated rings. The first kappa shape index (κ1) is 22.4. The molecular formula is C20H28N4O5S2. The van der Waals surface area contributed by atoms with E-state index in [0.717, 1.165) is 0 Å². The van der Waals surface area contributed by atoms with Crippen molar-refractivity contribution in [3.8, 4) is 10.7 Å². The van der Waals surface area contributed by atoms with Crippen LogP contribution in [0.25, 0.3) is 10.7 Å². The molecule has 0 bridgehead atoms. The maximum Gasteiger partial charge on any atom is 0.244 e. The number of ether oxygens (including phenoxy) is 1. The fourth-order valence-corrected chi connectivity index (χ4v) is 6.95. The Kier molecular flexibility index (Phi) is 6.47. The molecule has 0 radical (unpaired) electrons. The molecule has 170 valence electrons. The number of hydrogen-bond acceptors (Lipinski definition) is 8. The minimum Gasteiger partial charge on any atom is -0.378 e. The van der Waals surface area contributed by atoms with Crippen LogP contribution in [0.5, 0.6) is 0 Å². The third-order valence-corrected chi connectivity index (χ3v) is 8.87. The van der Waals surface area contributed by atoms with Crippen LogP contribution < -0.4 is 0 Å². The van der Waals surface area contributed by atoms with Crippen LogP contribution in [0.3, 0.4) is 0 Å². The van der Waals surface area contributed by atoms with Gasteiger partial charge in [0.05, 0.1) is 28.9 Å². The summed E-state index contributed by atoms with van der Waals surface area (Å²) in [6.07, 6.45) is 1.37. The summed E-state index contributed by atoms with van der Waals surface area (Å²) in [4.78, 5) is 20.7. The number of sulfonamides is 1. The first-order chi connectivity index (χ1) is 14.8. The Labute approximate surface area is 186 Å². The highest BCUT2D eigenvalue weighted by molar-refractivity contribution is 7.89. The Bertz CT molecular complexity index is 1040. The molecule has 0 N–H and O–H groups in total. The Balaban J connectivity index is 1.53. The molecule has 4 rings (SSSR count). The normalized spacial score (nSPS) is 21.0. The fraction of sp³-hybridized carbons (Fsp3) is 0.650. The summed E-state index contributed by atoms with van der Waals surface area (Å²) in [7, 11) is -3.72. The number of nitrogens with zero attached hydrogens (tertiary/aromatic N) is 4. The van der Waals surface area contributed by atoms with E-state index < -0.39 is 10.0 Å². The number of rotatable bonds is 5. The van der Waals surface area contributed by atoms with E-state index in [2.05, 4.69) is 10.1 Å². The topological polar surface area (TPSA) is 106 Å². The van der Waals surface area contributed by atoms with E-state index in [4.69, 9.17) is 9.26 Å². The molecule has 9 nitrogen and oxygen atoms in total. The van der Waals surface area contributed by atoms with Crippen molar-refractivity contribution in [3.05, 3.63) is 16.8 Å². The van der Waals surface area contributed by atoms with Crippen LogP contribution in [0, 0.1) is 12.8 Å². The Hall–Kier alpha value is -1.82. The van der Waals surface area contributed by atoms with Crippen molar-refractivity contribution in [2.45, 2.75) is 44.4 Å². The number of aryl methyl sites for hydroxylation is 1. The standard InChI is InChI=1S/C20H28N4O5S2/c1-13(2)19-21-18(22-29-19)16-11-17(14(3)30-16)31(26,27)24-6-4-5-15(12-24)20(25)23-7-9-28-10-8-23/h11,13,15H,4-10,12H2,1-3H3/t15-/m0/s1. The number of amides is 1. The Morgan fingerprint density at radius 3 is 2.68 bits per heavy atom. The zero-order valence-electron chi connectivity index (χ0n) is 18.0. The largest absolute Gasteiger partial charge is 0.378 e. The first-order valence-corrected chi connectivity index (χ1v) is 12.8. The van der Waals surface area contributed by atoms with E-state index in [-0.39, 0.29) is 29.2 Å². The molecule has 2 aliphatic heterocycles. The van der Waals surface area contributed by atoms with Crippen LogP contribution in [-0.2, 0) is 19.6 Å². The lowest BCUT2D eigenvalue weighted by atomic mass is 9.98. The third kappa shape index (κ3) is 4.55. The summed E-state index contributed by atoms with van der Waals surface area (Å²) in [6, 6.07) is 1.62. The molecule has 2 aliphatic rings. The number of morpholine rings is 1. The van der Waals surface area contributed by atoms with Gasteiger partial charge in [-0.15, -0.1) is 11.3 Å². The van der Waals surface area contributed by atoms with Gasteiger partial charge in [0.15, 0.2) is 0 Å². The van der Waals surface area contributed by atoms with Crippen LogP contribution in [-0.4, -0.2) is 73.1 Å². The summed E-state index contributed by atoms with van der Waals surface area (Å²) in [5, 5.41) is 4.00. The predicted octanol–water partition coefficient (Wildman–Crippen LogP) is 2.49. The lowest BCUT2D eigenvalue weighted by Crippen LogP contribution is -2.49. The first-order valence-electron chi connectivity index (χ1n) is 10.6. The quantitative estimate of drug-likeness (QED) is 0.664. The van der Waals surface area contributed by atoms with Crippen molar-refractivity contribution in [1.29, 1.82) is 0 Å². The van der Waals surface area contributed by atoms with Crippen LogP contribution in [0.15, 0.2) is 15.5 Å². The number of piperidine rings is 1. The van der Waals surface area contributed by atoms with Crippen LogP contribution >= 0.6 is 11.3 Å². The fourth-order valence-electron chi connectivity index (χ4n) is 3.94. The molecule has 1 amide bonds. The second-order valence-electron chi connectivity index (χ2n) is 8.28. The minimum absolute atomic E-state index is 0.0268. The number of aromatic nitrogens is 2. The van der Waals surface area contributed by atoms with E-state index in [9.17, 15) is 13.2 Å². The maximum absolute atomic E-state index is 13.4. The van der Waals surface area contributed by atoms with E-state index in [1.165, 1.54) is 15.6 Å². The van der Waals surface area contributed by atoms with Gasteiger partial charge in [0.25, 0.3) is 0 Å². The SMILES string of the molecule is Cc1sc(-c2noc(C(C)C)n2)cc1S(=O)(=O)N1CCC[C@H](C(=O)N2CCOCC2)C1. The van der Waals surface area contributed by atoms with Crippen molar-refractivity contribution in [2.24, 2.45) is 5.92 Å². The maximum atomic E-state index is 13.4. The molecule has 11 heteroatoms. The monoisotopic (exact) mass is 468 g/mol. The number of carbonyl (C=O) groups is 1. The van der Waals surface area contributed by atoms with Gasteiger partial charge in [0, 0.05) is 37.0 Å². The highest BCUT2D eigenvalue weighted by Crippen LogP contribution is 2.35. The predicted molar refractivity (Wildman–Crippen MR) is 115 cm³/mol. The van der Waals surface area contributed by atoms with Crippen molar-refractivity contribution < 1.29 is 22.5 Å². The molecule has 0 aromatic carbocycles. The molecule has 2 saturated heterocycles. The molecule has 4 heterocycles. The lowest BCUT2D eigenvalue weighted by Gasteiger charge is -2.35. The summed E-state index contributed by atoms with van der Waals surface area (Å²) >= 11 is 1.33. The van der Waals surface area contributed by atoms with Gasteiger partial charge in [0.2, 0.25) is 27.6 Å². The average Bonchev–Trinajstić information content (AvgIpc) is 3.41. The number of hydrogen-bond donors (Lipinski definition) is 0. The highest BCUT2D eigenvalue weighted by Gasteiger charge is 2.36. The molecule has 1 atom stereocenters. The van der Waals surface area contributed by atoms with Gasteiger partial charge < -0.3 is 14.2 Å². The Morgan fingerprint density at radius 1 is 1.26 bits per heavy atom. The van der Waals surface area contributed by atoms with Gasteiger partial charge in [-0.2, -0.15) is 9.29 Å². The lowest BCUT2D eigenvalue weighted by molar-refractivity contribution is -0.140. The van der Waals surface area contributed by atoms with Crippen LogP contribution in [0.2, 0.25) is 0 Å². The molecule has 0 saturated carbocycles. The average molecular weight is 469 g/mol. The Morgan fingerprint density at radius 2 is 2.00 bits per heavy atom. The zero-order valence-corrected chi connectivity index (χ0v) is 19.7. The molecular weight excluding hydrogens is 440 g/mol. The smallest absolute Gasteiger partial charge is 0.244 e. The van der Waals surface area contributed by atoms with Gasteiger partial charge >= 0.3 is 0 Å². The number of carbonyl (C=O) groups excluding carboxylic acids is 1. The summed E-state index contributed by atoms with van der Waals surface area (Å²) in [6.45, 7) is 8.52. The molecule has 2 aromatic heterocycles. The van der Waals surface area contributed by atoms with E-state index >= 15 is 0 Å². The second-order valence-corrected chi connectivity index (χ2v) is 11.4.